The van der Waals surface area contributed by atoms with Gasteiger partial charge in [0.05, 0.1) is 41.2 Å². The molecule has 1 amide bonds. The van der Waals surface area contributed by atoms with Crippen LogP contribution in [0.5, 0.6) is 17.2 Å². The van der Waals surface area contributed by atoms with Crippen LogP contribution in [-0.2, 0) is 30.3 Å². The van der Waals surface area contributed by atoms with Gasteiger partial charge in [-0.2, -0.15) is 0 Å². The maximum Gasteiger partial charge on any atom is 0.312 e. The molecule has 4 aliphatic rings. The van der Waals surface area contributed by atoms with Crippen molar-refractivity contribution in [2.45, 2.75) is 111 Å². The van der Waals surface area contributed by atoms with E-state index in [2.05, 4.69) is 27.3 Å². The van der Waals surface area contributed by atoms with Crippen LogP contribution in [0.2, 0.25) is 0 Å². The number of hydrogen-bond donors (Lipinski definition) is 5. The van der Waals surface area contributed by atoms with E-state index in [0.29, 0.717) is 31.6 Å². The molecule has 4 bridgehead atoms. The Hall–Kier alpha value is -5.61. The fourth-order valence-corrected chi connectivity index (χ4v) is 9.54. The molecule has 0 saturated carbocycles. The predicted octanol–water partition coefficient (Wildman–Crippen LogP) is 5.29. The molecule has 9 unspecified atom stereocenters. The summed E-state index contributed by atoms with van der Waals surface area (Å²) in [6, 6.07) is 10.2. The van der Waals surface area contributed by atoms with Crippen molar-refractivity contribution >= 4 is 34.1 Å². The van der Waals surface area contributed by atoms with Crippen LogP contribution in [0.15, 0.2) is 76.5 Å². The molecule has 15 nitrogen and oxygen atoms in total. The first-order valence-corrected chi connectivity index (χ1v) is 21.9. The lowest BCUT2D eigenvalue weighted by Gasteiger charge is -2.38. The third-order valence-electron chi connectivity index (χ3n) is 13.5. The van der Waals surface area contributed by atoms with Gasteiger partial charge < -0.3 is 44.7 Å². The highest BCUT2D eigenvalue weighted by Gasteiger charge is 2.51. The van der Waals surface area contributed by atoms with E-state index in [1.54, 1.807) is 59.8 Å². The Morgan fingerprint density at radius 1 is 0.938 bits per heavy atom. The summed E-state index contributed by atoms with van der Waals surface area (Å²) in [4.78, 5) is 53.1. The molecule has 0 radical (unpaired) electrons. The number of aliphatic hydroxyl groups excluding tert-OH is 2. The molecule has 64 heavy (non-hydrogen) atoms. The van der Waals surface area contributed by atoms with Crippen LogP contribution < -0.4 is 20.8 Å². The first-order valence-electron chi connectivity index (χ1n) is 21.9. The highest BCUT2D eigenvalue weighted by molar-refractivity contribution is 6.21. The number of piperidine rings is 1. The SMILES string of the molecule is COC1C=COC2(C)Oc3c(C)c(O)c4c(O)c(c5c(c4c3C2=O)NC2(CCN(Cc3ccccc3)CC2)N=5)=NC(=O)C(C)=CC=CC(C)C(O)C(C)C(O)C(C)C(OC(C)=O)C1C. The summed E-state index contributed by atoms with van der Waals surface area (Å²) in [6.45, 7) is 14.9. The Balaban J connectivity index is 1.38. The Morgan fingerprint density at radius 2 is 1.62 bits per heavy atom. The minimum absolute atomic E-state index is 0.0439. The first-order chi connectivity index (χ1) is 30.3. The zero-order valence-electron chi connectivity index (χ0n) is 37.9. The van der Waals surface area contributed by atoms with Crippen molar-refractivity contribution in [1.82, 2.24) is 4.90 Å². The molecule has 7 rings (SSSR count). The van der Waals surface area contributed by atoms with Crippen LogP contribution in [-0.4, -0.2) is 99.1 Å². The van der Waals surface area contributed by atoms with Crippen molar-refractivity contribution in [2.75, 3.05) is 25.5 Å². The van der Waals surface area contributed by atoms with E-state index in [0.717, 1.165) is 6.54 Å². The summed E-state index contributed by atoms with van der Waals surface area (Å²) < 4.78 is 24.1. The molecular formula is C49H60N4O11. The predicted molar refractivity (Wildman–Crippen MR) is 238 cm³/mol. The van der Waals surface area contributed by atoms with E-state index in [9.17, 15) is 34.8 Å². The second-order valence-corrected chi connectivity index (χ2v) is 18.0. The average Bonchev–Trinajstić information content (AvgIpc) is 3.77. The molecule has 3 aromatic carbocycles. The van der Waals surface area contributed by atoms with Crippen molar-refractivity contribution in [3.63, 3.8) is 0 Å². The van der Waals surface area contributed by atoms with Crippen LogP contribution in [0.3, 0.4) is 0 Å². The number of fused-ring (bicyclic) bond motifs is 1. The number of aromatic hydroxyl groups is 2. The minimum atomic E-state index is -1.96. The van der Waals surface area contributed by atoms with Crippen molar-refractivity contribution in [1.29, 1.82) is 0 Å². The van der Waals surface area contributed by atoms with E-state index in [-0.39, 0.29) is 49.7 Å². The molecule has 1 saturated heterocycles. The lowest BCUT2D eigenvalue weighted by molar-refractivity contribution is -0.160. The summed E-state index contributed by atoms with van der Waals surface area (Å²) >= 11 is 0. The van der Waals surface area contributed by atoms with E-state index in [1.807, 2.05) is 18.2 Å². The highest BCUT2D eigenvalue weighted by atomic mass is 16.7. The van der Waals surface area contributed by atoms with Gasteiger partial charge in [-0.1, -0.05) is 76.3 Å². The van der Waals surface area contributed by atoms with Gasteiger partial charge >= 0.3 is 11.8 Å². The number of esters is 1. The number of aliphatic hydroxyl groups is 2. The summed E-state index contributed by atoms with van der Waals surface area (Å²) in [6.07, 6.45) is 4.96. The zero-order chi connectivity index (χ0) is 46.4. The van der Waals surface area contributed by atoms with E-state index < -0.39 is 82.9 Å². The van der Waals surface area contributed by atoms with Gasteiger partial charge in [0.25, 0.3) is 11.7 Å². The number of likely N-dealkylation sites (tertiary alicyclic amines) is 1. The molecule has 0 aromatic heterocycles. The second-order valence-electron chi connectivity index (χ2n) is 18.0. The van der Waals surface area contributed by atoms with E-state index in [4.69, 9.17) is 23.9 Å². The summed E-state index contributed by atoms with van der Waals surface area (Å²) in [5.74, 6) is -7.12. The molecule has 3 aromatic rings. The number of hydrogen-bond acceptors (Lipinski definition) is 14. The van der Waals surface area contributed by atoms with Crippen molar-refractivity contribution in [2.24, 2.45) is 33.7 Å². The fourth-order valence-electron chi connectivity index (χ4n) is 9.54. The van der Waals surface area contributed by atoms with Gasteiger partial charge in [0.15, 0.2) is 5.75 Å². The van der Waals surface area contributed by atoms with Gasteiger partial charge in [-0.05, 0) is 25.5 Å². The number of anilines is 1. The number of ether oxygens (including phenoxy) is 4. The van der Waals surface area contributed by atoms with Gasteiger partial charge in [-0.25, -0.2) is 4.99 Å². The number of carbonyl (C=O) groups is 3. The Morgan fingerprint density at radius 3 is 2.28 bits per heavy atom. The van der Waals surface area contributed by atoms with Crippen LogP contribution in [0, 0.1) is 30.6 Å². The monoisotopic (exact) mass is 880 g/mol. The number of ketones is 1. The minimum Gasteiger partial charge on any atom is -0.507 e. The third kappa shape index (κ3) is 8.53. The molecular weight excluding hydrogens is 821 g/mol. The number of Topliss-reactive ketones (excluding diaryl/α,β-unsaturated/α-hetero) is 1. The topological polar surface area (TPSA) is 209 Å². The maximum atomic E-state index is 14.8. The number of rotatable bonds is 4. The van der Waals surface area contributed by atoms with E-state index in [1.165, 1.54) is 38.9 Å². The van der Waals surface area contributed by atoms with Gasteiger partial charge in [0.1, 0.15) is 34.0 Å². The summed E-state index contributed by atoms with van der Waals surface area (Å²) in [5.41, 5.74) is 0.986. The number of benzene rings is 3. The Labute approximate surface area is 372 Å². The zero-order valence-corrected chi connectivity index (χ0v) is 37.9. The van der Waals surface area contributed by atoms with Gasteiger partial charge in [0.2, 0.25) is 0 Å². The lowest BCUT2D eigenvalue weighted by atomic mass is 9.78. The van der Waals surface area contributed by atoms with Crippen LogP contribution in [0.25, 0.3) is 10.8 Å². The number of nitrogens with one attached hydrogen (secondary N) is 1. The summed E-state index contributed by atoms with van der Waals surface area (Å²) in [5, 5.41) is 50.7. The van der Waals surface area contributed by atoms with Crippen molar-refractivity contribution in [3.8, 4) is 17.2 Å². The Bertz CT molecular complexity index is 2550. The second kappa shape index (κ2) is 18.1. The van der Waals surface area contributed by atoms with Crippen LogP contribution >= 0.6 is 0 Å². The summed E-state index contributed by atoms with van der Waals surface area (Å²) in [7, 11) is 1.47. The third-order valence-corrected chi connectivity index (χ3v) is 13.5. The first kappa shape index (κ1) is 46.4. The van der Waals surface area contributed by atoms with Crippen LogP contribution in [0.1, 0.15) is 82.8 Å². The smallest absolute Gasteiger partial charge is 0.312 e. The van der Waals surface area contributed by atoms with Crippen LogP contribution in [0.4, 0.5) is 5.69 Å². The highest BCUT2D eigenvalue weighted by Crippen LogP contribution is 2.51. The van der Waals surface area contributed by atoms with Crippen molar-refractivity contribution in [3.05, 3.63) is 93.9 Å². The number of allylic oxidation sites excluding steroid dienone is 2. The number of carbonyl (C=O) groups excluding carboxylic acids is 3. The standard InChI is InChI=1S/C49H60N4O11/c1-25-14-13-15-26(2)47(60)50-39-38-37(51-49(52-38)19-21-53(22-20-49)24-32-16-11-10-12-17-32)34-35(43(39)58)42(57)30(6)45-36(34)46(59)48(8,64-45)62-23-18-33(61-9)27(3)44(63-31(7)54)29(5)41(56)28(4)40(25)55/h10-18,23,25,27-29,33,40-41,44,51,55-58H,19-22,24H2,1-9H3. The Kier molecular flexibility index (Phi) is 13.1. The molecule has 4 heterocycles. The molecule has 1 fully saturated rings. The average molecular weight is 881 g/mol. The number of methoxy groups -OCH3 is 1. The number of phenolic OH excluding ortho intramolecular Hbond substituents is 2. The molecule has 9 atom stereocenters. The quantitative estimate of drug-likeness (QED) is 0.167. The van der Waals surface area contributed by atoms with Crippen molar-refractivity contribution < 1.29 is 53.8 Å². The number of nitrogens with zero attached hydrogens (tertiary/aromatic N) is 3. The van der Waals surface area contributed by atoms with Gasteiger partial charge in [-0.15, -0.1) is 0 Å². The molecule has 4 aliphatic heterocycles. The van der Waals surface area contributed by atoms with Gasteiger partial charge in [-0.3, -0.25) is 24.3 Å². The molecule has 1 spiro atoms. The molecule has 0 aliphatic carbocycles. The van der Waals surface area contributed by atoms with E-state index >= 15 is 0 Å². The fraction of sp³-hybridized carbons (Fsp3) is 0.490. The molecule has 15 heteroatoms. The molecule has 342 valence electrons. The largest absolute Gasteiger partial charge is 0.507 e. The maximum absolute atomic E-state index is 14.8. The van der Waals surface area contributed by atoms with Gasteiger partial charge in [0, 0.05) is 93.6 Å². The normalized spacial score (nSPS) is 29.7. The number of amides is 1. The molecule has 5 N–H and O–H groups in total. The number of phenols is 2. The lowest BCUT2D eigenvalue weighted by Crippen LogP contribution is -2.46.